The lowest BCUT2D eigenvalue weighted by molar-refractivity contribution is 0.287. The number of primary sulfonamides is 1. The summed E-state index contributed by atoms with van der Waals surface area (Å²) in [5.74, 6) is -2.87. The van der Waals surface area contributed by atoms with Crippen LogP contribution >= 0.6 is 0 Å². The summed E-state index contributed by atoms with van der Waals surface area (Å²) in [7, 11) is -4.17. The number of nitrogens with two attached hydrogens (primary N) is 1. The fourth-order valence-electron chi connectivity index (χ4n) is 1.66. The summed E-state index contributed by atoms with van der Waals surface area (Å²) in [6, 6.07) is 4.78. The van der Waals surface area contributed by atoms with Crippen LogP contribution in [0.15, 0.2) is 41.6 Å². The van der Waals surface area contributed by atoms with Gasteiger partial charge in [0.25, 0.3) is 0 Å². The van der Waals surface area contributed by atoms with Crippen LogP contribution in [0.2, 0.25) is 0 Å². The van der Waals surface area contributed by atoms with Crippen molar-refractivity contribution in [1.82, 2.24) is 4.98 Å². The van der Waals surface area contributed by atoms with Gasteiger partial charge in [0.1, 0.15) is 0 Å². The number of sulfonamides is 1. The zero-order valence-corrected chi connectivity index (χ0v) is 11.6. The number of rotatable bonds is 5. The van der Waals surface area contributed by atoms with Crippen molar-refractivity contribution in [2.45, 2.75) is 11.3 Å². The van der Waals surface area contributed by atoms with Gasteiger partial charge in [0.15, 0.2) is 17.4 Å². The van der Waals surface area contributed by atoms with E-state index in [-0.39, 0.29) is 6.61 Å². The number of hydrogen-bond acceptors (Lipinski definition) is 4. The first kappa shape index (κ1) is 15.3. The van der Waals surface area contributed by atoms with Crippen LogP contribution in [-0.4, -0.2) is 20.0 Å². The lowest BCUT2D eigenvalue weighted by Crippen LogP contribution is -2.13. The van der Waals surface area contributed by atoms with E-state index in [1.54, 1.807) is 24.5 Å². The Balaban J connectivity index is 2.11. The van der Waals surface area contributed by atoms with Crippen LogP contribution in [0, 0.1) is 11.6 Å². The first-order valence-electron chi connectivity index (χ1n) is 5.91. The fourth-order valence-corrected chi connectivity index (χ4v) is 2.19. The van der Waals surface area contributed by atoms with Crippen molar-refractivity contribution in [3.63, 3.8) is 0 Å². The Bertz CT molecular complexity index is 713. The zero-order chi connectivity index (χ0) is 15.5. The molecule has 0 spiro atoms. The molecule has 0 saturated carbocycles. The van der Waals surface area contributed by atoms with E-state index in [1.165, 1.54) is 0 Å². The first-order valence-corrected chi connectivity index (χ1v) is 7.46. The van der Waals surface area contributed by atoms with Crippen LogP contribution < -0.4 is 9.88 Å². The monoisotopic (exact) mass is 314 g/mol. The average Bonchev–Trinajstić information content (AvgIpc) is 2.42. The summed E-state index contributed by atoms with van der Waals surface area (Å²) in [5.41, 5.74) is 0.847. The summed E-state index contributed by atoms with van der Waals surface area (Å²) in [6.07, 6.45) is 3.62. The molecule has 5 nitrogen and oxygen atoms in total. The van der Waals surface area contributed by atoms with E-state index in [0.29, 0.717) is 18.6 Å². The largest absolute Gasteiger partial charge is 0.487 e. The van der Waals surface area contributed by atoms with E-state index in [1.807, 2.05) is 0 Å². The highest BCUT2D eigenvalue weighted by atomic mass is 32.2. The number of aromatic nitrogens is 1. The second-order valence-corrected chi connectivity index (χ2v) is 5.78. The maximum Gasteiger partial charge on any atom is 0.238 e. The molecule has 2 aromatic rings. The third-order valence-corrected chi connectivity index (χ3v) is 3.55. The summed E-state index contributed by atoms with van der Waals surface area (Å²) in [4.78, 5) is 3.26. The van der Waals surface area contributed by atoms with Gasteiger partial charge in [-0.2, -0.15) is 0 Å². The lowest BCUT2D eigenvalue weighted by atomic mass is 10.2. The molecule has 0 aliphatic heterocycles. The molecule has 0 radical (unpaired) electrons. The van der Waals surface area contributed by atoms with E-state index >= 15 is 0 Å². The molecule has 21 heavy (non-hydrogen) atoms. The Hall–Kier alpha value is -2.06. The molecule has 2 rings (SSSR count). The molecule has 0 amide bonds. The highest BCUT2D eigenvalue weighted by molar-refractivity contribution is 7.89. The van der Waals surface area contributed by atoms with Crippen molar-refractivity contribution >= 4 is 10.0 Å². The van der Waals surface area contributed by atoms with E-state index in [4.69, 9.17) is 9.88 Å². The van der Waals surface area contributed by atoms with Crippen molar-refractivity contribution in [1.29, 1.82) is 0 Å². The predicted octanol–water partition coefficient (Wildman–Crippen LogP) is 1.63. The second-order valence-electron chi connectivity index (χ2n) is 4.22. The van der Waals surface area contributed by atoms with Crippen LogP contribution in [0.4, 0.5) is 8.78 Å². The second kappa shape index (κ2) is 6.15. The molecule has 1 aromatic heterocycles. The summed E-state index contributed by atoms with van der Waals surface area (Å²) < 4.78 is 54.5. The molecular formula is C13H12F2N2O3S. The molecule has 0 saturated heterocycles. The highest BCUT2D eigenvalue weighted by Crippen LogP contribution is 2.25. The zero-order valence-electron chi connectivity index (χ0n) is 10.8. The minimum atomic E-state index is -4.17. The van der Waals surface area contributed by atoms with Gasteiger partial charge in [-0.25, -0.2) is 22.3 Å². The van der Waals surface area contributed by atoms with Gasteiger partial charge in [-0.15, -0.1) is 0 Å². The Morgan fingerprint density at radius 2 is 1.90 bits per heavy atom. The van der Waals surface area contributed by atoms with Gasteiger partial charge < -0.3 is 4.74 Å². The van der Waals surface area contributed by atoms with Crippen molar-refractivity contribution in [2.75, 3.05) is 6.61 Å². The van der Waals surface area contributed by atoms with Crippen LogP contribution in [0.1, 0.15) is 5.56 Å². The number of hydrogen-bond donors (Lipinski definition) is 1. The Labute approximate surface area is 120 Å². The minimum absolute atomic E-state index is 0.0221. The van der Waals surface area contributed by atoms with Crippen molar-refractivity contribution in [3.05, 3.63) is 53.9 Å². The number of halogens is 2. The fraction of sp³-hybridized carbons (Fsp3) is 0.154. The molecule has 0 fully saturated rings. The minimum Gasteiger partial charge on any atom is -0.487 e. The maximum atomic E-state index is 13.7. The SMILES string of the molecule is NS(=O)(=O)c1cc(F)c(OCCc2cccnc2)c(F)c1. The molecule has 1 heterocycles. The Morgan fingerprint density at radius 1 is 1.24 bits per heavy atom. The standard InChI is InChI=1S/C13H12F2N2O3S/c14-11-6-10(21(16,18)19)7-12(15)13(11)20-5-3-9-2-1-4-17-8-9/h1-2,4,6-8H,3,5H2,(H2,16,18,19). The molecule has 2 N–H and O–H groups in total. The topological polar surface area (TPSA) is 82.3 Å². The van der Waals surface area contributed by atoms with Crippen LogP contribution in [-0.2, 0) is 16.4 Å². The van der Waals surface area contributed by atoms with E-state index in [9.17, 15) is 17.2 Å². The van der Waals surface area contributed by atoms with Crippen LogP contribution in [0.3, 0.4) is 0 Å². The molecule has 0 atom stereocenters. The number of nitrogens with zero attached hydrogens (tertiary/aromatic N) is 1. The van der Waals surface area contributed by atoms with Crippen molar-refractivity contribution < 1.29 is 21.9 Å². The smallest absolute Gasteiger partial charge is 0.238 e. The van der Waals surface area contributed by atoms with Gasteiger partial charge in [0.05, 0.1) is 11.5 Å². The third kappa shape index (κ3) is 3.96. The molecule has 0 aliphatic carbocycles. The third-order valence-electron chi connectivity index (χ3n) is 2.66. The van der Waals surface area contributed by atoms with E-state index in [2.05, 4.69) is 4.98 Å². The maximum absolute atomic E-state index is 13.7. The Morgan fingerprint density at radius 3 is 2.43 bits per heavy atom. The van der Waals surface area contributed by atoms with Crippen LogP contribution in [0.5, 0.6) is 5.75 Å². The predicted molar refractivity (Wildman–Crippen MR) is 71.2 cm³/mol. The van der Waals surface area contributed by atoms with Gasteiger partial charge >= 0.3 is 0 Å². The summed E-state index contributed by atoms with van der Waals surface area (Å²) in [5, 5.41) is 4.81. The van der Waals surface area contributed by atoms with Crippen LogP contribution in [0.25, 0.3) is 0 Å². The highest BCUT2D eigenvalue weighted by Gasteiger charge is 2.17. The quantitative estimate of drug-likeness (QED) is 0.909. The summed E-state index contributed by atoms with van der Waals surface area (Å²) in [6.45, 7) is 0.0221. The molecule has 1 aromatic carbocycles. The van der Waals surface area contributed by atoms with Gasteiger partial charge in [-0.05, 0) is 23.8 Å². The van der Waals surface area contributed by atoms with Gasteiger partial charge in [-0.1, -0.05) is 6.07 Å². The number of benzene rings is 1. The normalized spacial score (nSPS) is 11.4. The van der Waals surface area contributed by atoms with Gasteiger partial charge in [-0.3, -0.25) is 4.98 Å². The molecule has 8 heteroatoms. The molecule has 0 bridgehead atoms. The van der Waals surface area contributed by atoms with E-state index < -0.39 is 32.3 Å². The summed E-state index contributed by atoms with van der Waals surface area (Å²) >= 11 is 0. The number of pyridine rings is 1. The van der Waals surface area contributed by atoms with Gasteiger partial charge in [0, 0.05) is 18.8 Å². The molecular weight excluding hydrogens is 302 g/mol. The molecule has 0 unspecified atom stereocenters. The Kier molecular flexibility index (Phi) is 4.49. The number of ether oxygens (including phenoxy) is 1. The lowest BCUT2D eigenvalue weighted by Gasteiger charge is -2.09. The van der Waals surface area contributed by atoms with Crippen molar-refractivity contribution in [3.8, 4) is 5.75 Å². The molecule has 0 aliphatic rings. The average molecular weight is 314 g/mol. The van der Waals surface area contributed by atoms with Crippen molar-refractivity contribution in [2.24, 2.45) is 5.14 Å². The van der Waals surface area contributed by atoms with Gasteiger partial charge in [0.2, 0.25) is 10.0 Å². The first-order chi connectivity index (χ1) is 9.88. The van der Waals surface area contributed by atoms with E-state index in [0.717, 1.165) is 5.56 Å². The molecule has 112 valence electrons.